The molecule has 0 heterocycles. The molecule has 0 aromatic heterocycles. The van der Waals surface area contributed by atoms with E-state index in [4.69, 9.17) is 0 Å². The topological polar surface area (TPSA) is 20.2 Å². The van der Waals surface area contributed by atoms with E-state index in [9.17, 15) is 5.11 Å². The van der Waals surface area contributed by atoms with Gasteiger partial charge < -0.3 is 5.11 Å². The maximum atomic E-state index is 10.3. The van der Waals surface area contributed by atoms with Crippen LogP contribution < -0.4 is 0 Å². The minimum absolute atomic E-state index is 0.320. The van der Waals surface area contributed by atoms with Gasteiger partial charge in [-0.3, -0.25) is 0 Å². The summed E-state index contributed by atoms with van der Waals surface area (Å²) in [6.07, 6.45) is 11.0. The summed E-state index contributed by atoms with van der Waals surface area (Å²) in [4.78, 5) is 0. The molecule has 0 aliphatic heterocycles. The van der Waals surface area contributed by atoms with Crippen molar-refractivity contribution in [3.63, 3.8) is 0 Å². The second-order valence-electron chi connectivity index (χ2n) is 5.45. The number of halogens is 2. The van der Waals surface area contributed by atoms with Gasteiger partial charge in [0, 0.05) is 8.04 Å². The van der Waals surface area contributed by atoms with Crippen molar-refractivity contribution in [1.82, 2.24) is 0 Å². The number of hydrogen-bond acceptors (Lipinski definition) is 1. The molecule has 1 aromatic carbocycles. The Hall–Kier alpha value is 0.390. The van der Waals surface area contributed by atoms with E-state index in [2.05, 4.69) is 51.5 Å². The minimum atomic E-state index is -0.320. The zero-order valence-corrected chi connectivity index (χ0v) is 16.1. The van der Waals surface area contributed by atoms with Crippen LogP contribution >= 0.6 is 38.5 Å². The van der Waals surface area contributed by atoms with Gasteiger partial charge in [0.05, 0.1) is 6.10 Å². The van der Waals surface area contributed by atoms with Gasteiger partial charge in [-0.05, 0) is 52.8 Å². The van der Waals surface area contributed by atoms with E-state index in [0.717, 1.165) is 26.4 Å². The lowest BCUT2D eigenvalue weighted by atomic mass is 10.0. The van der Waals surface area contributed by atoms with Gasteiger partial charge in [0.1, 0.15) is 0 Å². The first-order chi connectivity index (χ1) is 9.65. The molecule has 0 spiro atoms. The summed E-state index contributed by atoms with van der Waals surface area (Å²) >= 11 is 5.77. The number of rotatable bonds is 10. The van der Waals surface area contributed by atoms with Crippen molar-refractivity contribution < 1.29 is 5.11 Å². The Bertz CT molecular complexity index is 381. The number of unbranched alkanes of at least 4 members (excludes halogenated alkanes) is 7. The normalized spacial score (nSPS) is 12.6. The summed E-state index contributed by atoms with van der Waals surface area (Å²) in [5.41, 5.74) is 1.06. The number of benzene rings is 1. The molecule has 20 heavy (non-hydrogen) atoms. The second kappa shape index (κ2) is 11.0. The quantitative estimate of drug-likeness (QED) is 0.312. The van der Waals surface area contributed by atoms with Crippen LogP contribution in [0.4, 0.5) is 0 Å². The number of aliphatic hydroxyl groups is 1. The van der Waals surface area contributed by atoms with E-state index < -0.39 is 0 Å². The predicted octanol–water partition coefficient (Wildman–Crippen LogP) is 6.62. The van der Waals surface area contributed by atoms with E-state index in [1.54, 1.807) is 0 Å². The molecule has 3 heteroatoms. The smallest absolute Gasteiger partial charge is 0.0800 e. The monoisotopic (exact) mass is 452 g/mol. The van der Waals surface area contributed by atoms with Crippen LogP contribution in [0.15, 0.2) is 22.7 Å². The average molecular weight is 453 g/mol. The molecule has 0 aliphatic carbocycles. The number of aliphatic hydroxyl groups excluding tert-OH is 1. The summed E-state index contributed by atoms with van der Waals surface area (Å²) in [6, 6.07) is 6.11. The van der Waals surface area contributed by atoms with Crippen LogP contribution in [0, 0.1) is 3.57 Å². The third-order valence-corrected chi connectivity index (χ3v) is 5.12. The van der Waals surface area contributed by atoms with E-state index in [0.29, 0.717) is 0 Å². The Kier molecular flexibility index (Phi) is 10.2. The van der Waals surface area contributed by atoms with Crippen molar-refractivity contribution in [1.29, 1.82) is 0 Å². The highest BCUT2D eigenvalue weighted by molar-refractivity contribution is 14.1. The first-order valence-electron chi connectivity index (χ1n) is 7.78. The largest absolute Gasteiger partial charge is 0.388 e. The molecule has 1 atom stereocenters. The van der Waals surface area contributed by atoms with Crippen molar-refractivity contribution >= 4 is 38.5 Å². The zero-order chi connectivity index (χ0) is 14.8. The second-order valence-corrected chi connectivity index (χ2v) is 7.52. The third-order valence-electron chi connectivity index (χ3n) is 3.65. The molecule has 0 fully saturated rings. The molecule has 1 nitrogen and oxygen atoms in total. The van der Waals surface area contributed by atoms with Crippen molar-refractivity contribution in [3.05, 3.63) is 31.8 Å². The van der Waals surface area contributed by atoms with E-state index in [1.807, 2.05) is 12.1 Å². The lowest BCUT2D eigenvalue weighted by molar-refractivity contribution is 0.162. The molecular weight excluding hydrogens is 427 g/mol. The molecule has 1 rings (SSSR count). The standard InChI is InChI=1S/C17H26BrIO/c1-2-3-4-5-6-7-8-9-10-17(20)15-13-14(18)11-12-16(15)19/h11-13,17,20H,2-10H2,1H3. The van der Waals surface area contributed by atoms with Gasteiger partial charge in [-0.15, -0.1) is 0 Å². The van der Waals surface area contributed by atoms with Gasteiger partial charge >= 0.3 is 0 Å². The minimum Gasteiger partial charge on any atom is -0.388 e. The Labute approximate surface area is 145 Å². The fourth-order valence-corrected chi connectivity index (χ4v) is 3.47. The van der Waals surface area contributed by atoms with Crippen LogP contribution in [0.2, 0.25) is 0 Å². The summed E-state index contributed by atoms with van der Waals surface area (Å²) in [5, 5.41) is 10.3. The summed E-state index contributed by atoms with van der Waals surface area (Å²) in [5.74, 6) is 0. The summed E-state index contributed by atoms with van der Waals surface area (Å²) in [6.45, 7) is 2.25. The lowest BCUT2D eigenvalue weighted by Gasteiger charge is -2.13. The van der Waals surface area contributed by atoms with Gasteiger partial charge in [0.15, 0.2) is 0 Å². The molecule has 114 valence electrons. The highest BCUT2D eigenvalue weighted by Gasteiger charge is 2.11. The first-order valence-corrected chi connectivity index (χ1v) is 9.65. The maximum Gasteiger partial charge on any atom is 0.0800 e. The zero-order valence-electron chi connectivity index (χ0n) is 12.4. The molecular formula is C17H26BrIO. The Morgan fingerprint density at radius 2 is 1.65 bits per heavy atom. The SMILES string of the molecule is CCCCCCCCCCC(O)c1cc(Br)ccc1I. The highest BCUT2D eigenvalue weighted by atomic mass is 127. The molecule has 0 amide bonds. The van der Waals surface area contributed by atoms with Crippen molar-refractivity contribution in [2.45, 2.75) is 70.8 Å². The molecule has 1 N–H and O–H groups in total. The Morgan fingerprint density at radius 1 is 1.05 bits per heavy atom. The fraction of sp³-hybridized carbons (Fsp3) is 0.647. The van der Waals surface area contributed by atoms with Crippen LogP contribution in [-0.4, -0.2) is 5.11 Å². The molecule has 0 saturated carbocycles. The lowest BCUT2D eigenvalue weighted by Crippen LogP contribution is -2.00. The van der Waals surface area contributed by atoms with Gasteiger partial charge in [-0.2, -0.15) is 0 Å². The van der Waals surface area contributed by atoms with Crippen molar-refractivity contribution in [2.75, 3.05) is 0 Å². The van der Waals surface area contributed by atoms with Gasteiger partial charge in [-0.25, -0.2) is 0 Å². The fourth-order valence-electron chi connectivity index (χ4n) is 2.40. The molecule has 0 radical (unpaired) electrons. The molecule has 1 aromatic rings. The molecule has 0 bridgehead atoms. The van der Waals surface area contributed by atoms with E-state index in [1.165, 1.54) is 44.9 Å². The van der Waals surface area contributed by atoms with Crippen molar-refractivity contribution in [3.8, 4) is 0 Å². The van der Waals surface area contributed by atoms with E-state index >= 15 is 0 Å². The van der Waals surface area contributed by atoms with Gasteiger partial charge in [0.2, 0.25) is 0 Å². The molecule has 1 unspecified atom stereocenters. The van der Waals surface area contributed by atoms with E-state index in [-0.39, 0.29) is 6.10 Å². The van der Waals surface area contributed by atoms with Crippen LogP contribution in [0.1, 0.15) is 76.4 Å². The van der Waals surface area contributed by atoms with Gasteiger partial charge in [-0.1, -0.05) is 74.2 Å². The van der Waals surface area contributed by atoms with Crippen LogP contribution in [0.5, 0.6) is 0 Å². The van der Waals surface area contributed by atoms with Crippen molar-refractivity contribution in [2.24, 2.45) is 0 Å². The first kappa shape index (κ1) is 18.4. The highest BCUT2D eigenvalue weighted by Crippen LogP contribution is 2.27. The summed E-state index contributed by atoms with van der Waals surface area (Å²) < 4.78 is 2.20. The predicted molar refractivity (Wildman–Crippen MR) is 99.0 cm³/mol. The molecule has 0 aliphatic rings. The third kappa shape index (κ3) is 7.41. The van der Waals surface area contributed by atoms with Crippen LogP contribution in [0.25, 0.3) is 0 Å². The van der Waals surface area contributed by atoms with Crippen LogP contribution in [0.3, 0.4) is 0 Å². The average Bonchev–Trinajstić information content (AvgIpc) is 2.44. The summed E-state index contributed by atoms with van der Waals surface area (Å²) in [7, 11) is 0. The Balaban J connectivity index is 2.17. The van der Waals surface area contributed by atoms with Crippen LogP contribution in [-0.2, 0) is 0 Å². The number of hydrogen-bond donors (Lipinski definition) is 1. The van der Waals surface area contributed by atoms with Gasteiger partial charge in [0.25, 0.3) is 0 Å². The maximum absolute atomic E-state index is 10.3. The Morgan fingerprint density at radius 3 is 2.30 bits per heavy atom. The molecule has 0 saturated heterocycles.